The van der Waals surface area contributed by atoms with Crippen molar-refractivity contribution in [1.29, 1.82) is 0 Å². The summed E-state index contributed by atoms with van der Waals surface area (Å²) in [6.07, 6.45) is 2.41. The fourth-order valence-corrected chi connectivity index (χ4v) is 3.31. The minimum absolute atomic E-state index is 0.257. The monoisotopic (exact) mass is 246 g/mol. The van der Waals surface area contributed by atoms with E-state index in [-0.39, 0.29) is 5.54 Å². The van der Waals surface area contributed by atoms with Gasteiger partial charge in [0.2, 0.25) is 0 Å². The van der Waals surface area contributed by atoms with Crippen LogP contribution in [0.1, 0.15) is 57.6 Å². The van der Waals surface area contributed by atoms with Gasteiger partial charge in [0.05, 0.1) is 0 Å². The summed E-state index contributed by atoms with van der Waals surface area (Å²) in [6, 6.07) is 6.75. The maximum atomic E-state index is 5.76. The van der Waals surface area contributed by atoms with Gasteiger partial charge < -0.3 is 10.6 Å². The first-order valence-electron chi connectivity index (χ1n) is 7.10. The van der Waals surface area contributed by atoms with Gasteiger partial charge in [-0.3, -0.25) is 0 Å². The van der Waals surface area contributed by atoms with E-state index in [9.17, 15) is 0 Å². The molecule has 1 aromatic rings. The van der Waals surface area contributed by atoms with Crippen LogP contribution >= 0.6 is 0 Å². The Hall–Kier alpha value is -1.02. The molecule has 0 aromatic heterocycles. The first kappa shape index (κ1) is 13.4. The Kier molecular flexibility index (Phi) is 3.67. The Morgan fingerprint density at radius 1 is 1.39 bits per heavy atom. The van der Waals surface area contributed by atoms with Crippen LogP contribution in [-0.4, -0.2) is 12.1 Å². The maximum absolute atomic E-state index is 5.76. The van der Waals surface area contributed by atoms with Crippen LogP contribution < -0.4 is 10.6 Å². The standard InChI is InChI=1S/C16H26N2/c1-5-8-18-15-7-6-13(11-17)9-14(15)12(2)10-16(18,3)4/h6-7,9,12H,5,8,10-11,17H2,1-4H3/t12-/m1/s1. The lowest BCUT2D eigenvalue weighted by molar-refractivity contribution is 0.376. The van der Waals surface area contributed by atoms with Crippen molar-refractivity contribution in [2.45, 2.75) is 58.5 Å². The minimum atomic E-state index is 0.257. The summed E-state index contributed by atoms with van der Waals surface area (Å²) in [5.41, 5.74) is 10.2. The second-order valence-corrected chi connectivity index (χ2v) is 6.17. The van der Waals surface area contributed by atoms with Crippen molar-refractivity contribution in [2.75, 3.05) is 11.4 Å². The van der Waals surface area contributed by atoms with Gasteiger partial charge in [0, 0.05) is 24.3 Å². The van der Waals surface area contributed by atoms with Gasteiger partial charge in [0.15, 0.2) is 0 Å². The number of benzene rings is 1. The van der Waals surface area contributed by atoms with Crippen LogP contribution in [0, 0.1) is 0 Å². The third-order valence-corrected chi connectivity index (χ3v) is 4.13. The highest BCUT2D eigenvalue weighted by atomic mass is 15.2. The molecule has 1 aliphatic rings. The number of fused-ring (bicyclic) bond motifs is 1. The van der Waals surface area contributed by atoms with Crippen LogP contribution in [0.3, 0.4) is 0 Å². The van der Waals surface area contributed by atoms with Crippen LogP contribution in [0.2, 0.25) is 0 Å². The molecule has 18 heavy (non-hydrogen) atoms. The summed E-state index contributed by atoms with van der Waals surface area (Å²) < 4.78 is 0. The molecule has 1 atom stereocenters. The number of rotatable bonds is 3. The summed E-state index contributed by atoms with van der Waals surface area (Å²) in [5.74, 6) is 0.620. The first-order chi connectivity index (χ1) is 8.49. The molecule has 0 fully saturated rings. The molecule has 100 valence electrons. The lowest BCUT2D eigenvalue weighted by Crippen LogP contribution is -2.48. The van der Waals surface area contributed by atoms with Crippen LogP contribution in [0.25, 0.3) is 0 Å². The molecule has 2 rings (SSSR count). The van der Waals surface area contributed by atoms with Gasteiger partial charge in [-0.1, -0.05) is 26.0 Å². The molecule has 2 heteroatoms. The molecule has 0 saturated carbocycles. The molecule has 2 nitrogen and oxygen atoms in total. The van der Waals surface area contributed by atoms with E-state index in [0.717, 1.165) is 6.54 Å². The van der Waals surface area contributed by atoms with Gasteiger partial charge >= 0.3 is 0 Å². The highest BCUT2D eigenvalue weighted by Gasteiger charge is 2.35. The Labute approximate surface area is 111 Å². The van der Waals surface area contributed by atoms with E-state index in [2.05, 4.69) is 50.8 Å². The highest BCUT2D eigenvalue weighted by Crippen LogP contribution is 2.43. The van der Waals surface area contributed by atoms with Crippen molar-refractivity contribution in [1.82, 2.24) is 0 Å². The summed E-state index contributed by atoms with van der Waals surface area (Å²) in [7, 11) is 0. The third kappa shape index (κ3) is 2.26. The molecular formula is C16H26N2. The number of nitrogens with two attached hydrogens (primary N) is 1. The van der Waals surface area contributed by atoms with E-state index >= 15 is 0 Å². The summed E-state index contributed by atoms with van der Waals surface area (Å²) >= 11 is 0. The largest absolute Gasteiger partial charge is 0.366 e. The lowest BCUT2D eigenvalue weighted by Gasteiger charge is -2.47. The molecule has 0 saturated heterocycles. The average Bonchev–Trinajstić information content (AvgIpc) is 2.33. The van der Waals surface area contributed by atoms with Crippen molar-refractivity contribution in [3.8, 4) is 0 Å². The summed E-state index contributed by atoms with van der Waals surface area (Å²) in [5, 5.41) is 0. The van der Waals surface area contributed by atoms with E-state index in [1.807, 2.05) is 0 Å². The van der Waals surface area contributed by atoms with E-state index < -0.39 is 0 Å². The summed E-state index contributed by atoms with van der Waals surface area (Å²) in [4.78, 5) is 2.57. The van der Waals surface area contributed by atoms with Crippen molar-refractivity contribution in [3.63, 3.8) is 0 Å². The molecule has 0 aliphatic carbocycles. The zero-order valence-electron chi connectivity index (χ0n) is 12.2. The predicted octanol–water partition coefficient (Wildman–Crippen LogP) is 3.65. The Morgan fingerprint density at radius 2 is 2.11 bits per heavy atom. The number of nitrogens with zero attached hydrogens (tertiary/aromatic N) is 1. The van der Waals surface area contributed by atoms with Gasteiger partial charge in [-0.25, -0.2) is 0 Å². The van der Waals surface area contributed by atoms with Gasteiger partial charge in [-0.2, -0.15) is 0 Å². The molecule has 1 heterocycles. The Morgan fingerprint density at radius 3 is 2.72 bits per heavy atom. The molecular weight excluding hydrogens is 220 g/mol. The molecule has 0 bridgehead atoms. The zero-order valence-corrected chi connectivity index (χ0v) is 12.2. The normalized spacial score (nSPS) is 21.8. The van der Waals surface area contributed by atoms with Gasteiger partial charge in [0.1, 0.15) is 0 Å². The number of hydrogen-bond acceptors (Lipinski definition) is 2. The van der Waals surface area contributed by atoms with Crippen molar-refractivity contribution < 1.29 is 0 Å². The maximum Gasteiger partial charge on any atom is 0.0406 e. The van der Waals surface area contributed by atoms with Crippen molar-refractivity contribution in [3.05, 3.63) is 29.3 Å². The van der Waals surface area contributed by atoms with E-state index in [4.69, 9.17) is 5.73 Å². The van der Waals surface area contributed by atoms with Crippen LogP contribution in [0.4, 0.5) is 5.69 Å². The molecule has 0 amide bonds. The van der Waals surface area contributed by atoms with Crippen LogP contribution in [-0.2, 0) is 6.54 Å². The Balaban J connectivity index is 2.47. The fraction of sp³-hybridized carbons (Fsp3) is 0.625. The highest BCUT2D eigenvalue weighted by molar-refractivity contribution is 5.60. The van der Waals surface area contributed by atoms with Crippen LogP contribution in [0.5, 0.6) is 0 Å². The SMILES string of the molecule is CCCN1c2ccc(CN)cc2[C@H](C)CC1(C)C. The molecule has 2 N–H and O–H groups in total. The molecule has 1 aliphatic heterocycles. The van der Waals surface area contributed by atoms with E-state index in [1.165, 1.54) is 29.7 Å². The second kappa shape index (κ2) is 4.93. The smallest absolute Gasteiger partial charge is 0.0406 e. The minimum Gasteiger partial charge on any atom is -0.366 e. The zero-order chi connectivity index (χ0) is 13.3. The molecule has 0 radical (unpaired) electrons. The van der Waals surface area contributed by atoms with Crippen LogP contribution in [0.15, 0.2) is 18.2 Å². The molecule has 0 unspecified atom stereocenters. The summed E-state index contributed by atoms with van der Waals surface area (Å²) in [6.45, 7) is 11.1. The average molecular weight is 246 g/mol. The second-order valence-electron chi connectivity index (χ2n) is 6.17. The van der Waals surface area contributed by atoms with Crippen molar-refractivity contribution >= 4 is 5.69 Å². The van der Waals surface area contributed by atoms with Gasteiger partial charge in [0.25, 0.3) is 0 Å². The van der Waals surface area contributed by atoms with Crippen molar-refractivity contribution in [2.24, 2.45) is 5.73 Å². The number of hydrogen-bond donors (Lipinski definition) is 1. The lowest BCUT2D eigenvalue weighted by atomic mass is 9.79. The Bertz CT molecular complexity index is 423. The van der Waals surface area contributed by atoms with Gasteiger partial charge in [-0.05, 0) is 49.8 Å². The predicted molar refractivity (Wildman–Crippen MR) is 79.1 cm³/mol. The van der Waals surface area contributed by atoms with Gasteiger partial charge in [-0.15, -0.1) is 0 Å². The molecule has 1 aromatic carbocycles. The number of anilines is 1. The van der Waals surface area contributed by atoms with E-state index in [1.54, 1.807) is 0 Å². The first-order valence-corrected chi connectivity index (χ1v) is 7.10. The molecule has 0 spiro atoms. The fourth-order valence-electron chi connectivity index (χ4n) is 3.31. The quantitative estimate of drug-likeness (QED) is 0.882. The third-order valence-electron chi connectivity index (χ3n) is 4.13. The topological polar surface area (TPSA) is 29.3 Å². The van der Waals surface area contributed by atoms with E-state index in [0.29, 0.717) is 12.5 Å².